The number of benzene rings is 8. The molecular weight excluding hydrogens is 609 g/mol. The Balaban J connectivity index is 1.35. The lowest BCUT2D eigenvalue weighted by Crippen LogP contribution is -2.47. The fourth-order valence-corrected chi connectivity index (χ4v) is 11.8. The van der Waals surface area contributed by atoms with Crippen molar-refractivity contribution in [1.29, 1.82) is 0 Å². The number of nitrogens with zero attached hydrogens (tertiary/aromatic N) is 1. The Hall–Kier alpha value is -5.75. The molecule has 49 heavy (non-hydrogen) atoms. The summed E-state index contributed by atoms with van der Waals surface area (Å²) >= 11 is 0. The molecule has 1 spiro atoms. The zero-order valence-electron chi connectivity index (χ0n) is 26.7. The van der Waals surface area contributed by atoms with E-state index < -0.39 is 13.3 Å². The highest BCUT2D eigenvalue weighted by Gasteiger charge is 2.51. The van der Waals surface area contributed by atoms with E-state index in [0.29, 0.717) is 0 Å². The Morgan fingerprint density at radius 2 is 1.08 bits per heavy atom. The molecule has 2 aliphatic rings. The molecule has 9 aromatic rings. The third kappa shape index (κ3) is 3.53. The number of hydrogen-bond acceptors (Lipinski definition) is 0. The predicted octanol–water partition coefficient (Wildman–Crippen LogP) is 10.4. The van der Waals surface area contributed by atoms with Crippen LogP contribution in [0.2, 0.25) is 0 Å². The molecule has 0 N–H and O–H groups in total. The molecule has 3 heterocycles. The van der Waals surface area contributed by atoms with E-state index in [4.69, 9.17) is 0 Å². The van der Waals surface area contributed by atoms with Crippen LogP contribution in [0.15, 0.2) is 182 Å². The summed E-state index contributed by atoms with van der Waals surface area (Å²) in [6.45, 7) is 0. The molecule has 0 amide bonds. The summed E-state index contributed by atoms with van der Waals surface area (Å²) in [6.07, 6.45) is 0. The maximum atomic E-state index is 2.55. The SMILES string of the molecule is c1ccc(P2c3ccccc3C3(c4ccccc4-n4c5ccccc5c5cccc3c54)c3cc(-c4cccc5ccccc45)ccc32)cc1. The average molecular weight is 640 g/mol. The number of aromatic nitrogens is 1. The second-order valence-electron chi connectivity index (χ2n) is 13.3. The van der Waals surface area contributed by atoms with Gasteiger partial charge in [-0.05, 0) is 86.2 Å². The van der Waals surface area contributed by atoms with Gasteiger partial charge in [0.25, 0.3) is 0 Å². The molecule has 8 aromatic carbocycles. The first-order valence-electron chi connectivity index (χ1n) is 17.0. The summed E-state index contributed by atoms with van der Waals surface area (Å²) in [7, 11) is -0.807. The highest BCUT2D eigenvalue weighted by atomic mass is 31.1. The zero-order chi connectivity index (χ0) is 32.1. The van der Waals surface area contributed by atoms with Crippen LogP contribution in [0, 0.1) is 0 Å². The minimum Gasteiger partial charge on any atom is -0.309 e. The van der Waals surface area contributed by atoms with Gasteiger partial charge in [-0.25, -0.2) is 0 Å². The monoisotopic (exact) mass is 639 g/mol. The molecule has 2 atom stereocenters. The number of para-hydroxylation sites is 3. The Bertz CT molecular complexity index is 2790. The van der Waals surface area contributed by atoms with E-state index in [1.54, 1.807) is 0 Å². The average Bonchev–Trinajstić information content (AvgIpc) is 3.52. The van der Waals surface area contributed by atoms with Crippen molar-refractivity contribution in [2.24, 2.45) is 0 Å². The van der Waals surface area contributed by atoms with Crippen LogP contribution in [0.3, 0.4) is 0 Å². The summed E-state index contributed by atoms with van der Waals surface area (Å²) in [5.41, 5.74) is 11.3. The van der Waals surface area contributed by atoms with E-state index in [1.807, 2.05) is 0 Å². The van der Waals surface area contributed by atoms with Crippen LogP contribution in [0.5, 0.6) is 0 Å². The molecule has 2 unspecified atom stereocenters. The molecule has 11 rings (SSSR count). The second-order valence-corrected chi connectivity index (χ2v) is 15.4. The first kappa shape index (κ1) is 27.2. The van der Waals surface area contributed by atoms with E-state index in [1.165, 1.54) is 87.6 Å². The summed E-state index contributed by atoms with van der Waals surface area (Å²) in [6, 6.07) is 68.5. The Morgan fingerprint density at radius 1 is 0.429 bits per heavy atom. The van der Waals surface area contributed by atoms with Crippen LogP contribution in [0.4, 0.5) is 0 Å². The summed E-state index contributed by atoms with van der Waals surface area (Å²) < 4.78 is 2.53. The lowest BCUT2D eigenvalue weighted by atomic mass is 9.62. The zero-order valence-corrected chi connectivity index (χ0v) is 27.6. The summed E-state index contributed by atoms with van der Waals surface area (Å²) in [4.78, 5) is 0. The van der Waals surface area contributed by atoms with Gasteiger partial charge in [-0.15, -0.1) is 0 Å². The fraction of sp³-hybridized carbons (Fsp3) is 0.0213. The molecule has 1 nitrogen and oxygen atoms in total. The van der Waals surface area contributed by atoms with Crippen molar-refractivity contribution >= 4 is 56.4 Å². The Labute approximate surface area is 286 Å². The molecule has 0 radical (unpaired) electrons. The highest BCUT2D eigenvalue weighted by molar-refractivity contribution is 7.80. The molecular formula is C47H30NP. The van der Waals surface area contributed by atoms with E-state index in [2.05, 4.69) is 187 Å². The predicted molar refractivity (Wildman–Crippen MR) is 208 cm³/mol. The van der Waals surface area contributed by atoms with Crippen molar-refractivity contribution in [2.75, 3.05) is 0 Å². The number of hydrogen-bond donors (Lipinski definition) is 0. The largest absolute Gasteiger partial charge is 0.309 e. The van der Waals surface area contributed by atoms with Crippen molar-refractivity contribution in [3.05, 3.63) is 204 Å². The van der Waals surface area contributed by atoms with Gasteiger partial charge in [0.15, 0.2) is 0 Å². The quantitative estimate of drug-likeness (QED) is 0.166. The Kier molecular flexibility index (Phi) is 5.63. The number of rotatable bonds is 2. The van der Waals surface area contributed by atoms with Crippen LogP contribution in [-0.4, -0.2) is 4.57 Å². The molecule has 0 saturated carbocycles. The minimum atomic E-state index is -0.807. The van der Waals surface area contributed by atoms with Crippen molar-refractivity contribution in [2.45, 2.75) is 5.41 Å². The van der Waals surface area contributed by atoms with Gasteiger partial charge in [-0.2, -0.15) is 0 Å². The standard InChI is InChI=1S/C47H30NP/c1-2-16-33(17-3-1)49-44-27-11-8-23-39(44)47(41-30-32(28-29-45(41)49)35-20-12-15-31-14-4-5-18-34(31)35)38-22-7-10-26-43(38)48-42-25-9-6-19-36(42)37-21-13-24-40(47)46(37)48/h1-30H. The van der Waals surface area contributed by atoms with Crippen molar-refractivity contribution < 1.29 is 0 Å². The van der Waals surface area contributed by atoms with Gasteiger partial charge in [0.05, 0.1) is 22.1 Å². The first-order valence-corrected chi connectivity index (χ1v) is 18.4. The van der Waals surface area contributed by atoms with Gasteiger partial charge in [0.2, 0.25) is 0 Å². The van der Waals surface area contributed by atoms with Crippen molar-refractivity contribution in [1.82, 2.24) is 4.57 Å². The number of fused-ring (bicyclic) bond motifs is 12. The van der Waals surface area contributed by atoms with Crippen LogP contribution < -0.4 is 15.9 Å². The van der Waals surface area contributed by atoms with Gasteiger partial charge in [0.1, 0.15) is 0 Å². The molecule has 1 aromatic heterocycles. The molecule has 0 aliphatic carbocycles. The molecule has 228 valence electrons. The van der Waals surface area contributed by atoms with Crippen molar-refractivity contribution in [3.63, 3.8) is 0 Å². The van der Waals surface area contributed by atoms with E-state index in [-0.39, 0.29) is 0 Å². The topological polar surface area (TPSA) is 4.93 Å². The summed E-state index contributed by atoms with van der Waals surface area (Å²) in [5.74, 6) is 0. The molecule has 0 bridgehead atoms. The third-order valence-corrected chi connectivity index (χ3v) is 13.5. The van der Waals surface area contributed by atoms with Crippen LogP contribution in [0.25, 0.3) is 49.4 Å². The molecule has 2 aliphatic heterocycles. The third-order valence-electron chi connectivity index (χ3n) is 11.0. The Morgan fingerprint density at radius 3 is 2.00 bits per heavy atom. The summed E-state index contributed by atoms with van der Waals surface area (Å²) in [5, 5.41) is 9.41. The fourth-order valence-electron chi connectivity index (χ4n) is 9.07. The highest BCUT2D eigenvalue weighted by Crippen LogP contribution is 2.58. The van der Waals surface area contributed by atoms with Gasteiger partial charge in [0, 0.05) is 10.8 Å². The van der Waals surface area contributed by atoms with Crippen LogP contribution >= 0.6 is 7.92 Å². The van der Waals surface area contributed by atoms with Gasteiger partial charge < -0.3 is 4.57 Å². The minimum absolute atomic E-state index is 0.513. The van der Waals surface area contributed by atoms with Crippen LogP contribution in [0.1, 0.15) is 22.3 Å². The van der Waals surface area contributed by atoms with Crippen molar-refractivity contribution in [3.8, 4) is 16.8 Å². The lowest BCUT2D eigenvalue weighted by molar-refractivity contribution is 0.735. The maximum Gasteiger partial charge on any atom is 0.0755 e. The van der Waals surface area contributed by atoms with Gasteiger partial charge >= 0.3 is 0 Å². The smallest absolute Gasteiger partial charge is 0.0755 e. The molecule has 2 heteroatoms. The second kappa shape index (κ2) is 10.1. The first-order chi connectivity index (χ1) is 24.3. The van der Waals surface area contributed by atoms with E-state index >= 15 is 0 Å². The van der Waals surface area contributed by atoms with Crippen LogP contribution in [-0.2, 0) is 5.41 Å². The van der Waals surface area contributed by atoms with Gasteiger partial charge in [-0.1, -0.05) is 164 Å². The molecule has 0 fully saturated rings. The maximum absolute atomic E-state index is 2.55. The van der Waals surface area contributed by atoms with E-state index in [0.717, 1.165) is 0 Å². The molecule has 0 saturated heterocycles. The lowest BCUT2D eigenvalue weighted by Gasteiger charge is -2.48. The normalized spacial score (nSPS) is 17.3. The van der Waals surface area contributed by atoms with E-state index in [9.17, 15) is 0 Å². The van der Waals surface area contributed by atoms with Gasteiger partial charge in [-0.3, -0.25) is 0 Å².